The van der Waals surface area contributed by atoms with Gasteiger partial charge in [-0.2, -0.15) is 11.8 Å². The van der Waals surface area contributed by atoms with Gasteiger partial charge in [-0.05, 0) is 24.7 Å². The van der Waals surface area contributed by atoms with Gasteiger partial charge in [0.2, 0.25) is 0 Å². The van der Waals surface area contributed by atoms with E-state index >= 15 is 0 Å². The molecule has 3 unspecified atom stereocenters. The van der Waals surface area contributed by atoms with Crippen molar-refractivity contribution in [1.29, 1.82) is 0 Å². The molecule has 1 aromatic rings. The van der Waals surface area contributed by atoms with E-state index in [1.165, 1.54) is 37.8 Å². The third kappa shape index (κ3) is 3.05. The van der Waals surface area contributed by atoms with Crippen LogP contribution in [-0.2, 0) is 0 Å². The Morgan fingerprint density at radius 1 is 1.15 bits per heavy atom. The molecule has 2 aliphatic rings. The molecule has 0 bridgehead atoms. The summed E-state index contributed by atoms with van der Waals surface area (Å²) in [6.07, 6.45) is 7.91. The Kier molecular flexibility index (Phi) is 5.03. The molecule has 1 saturated heterocycles. The number of piperazine rings is 1. The molecule has 3 rings (SSSR count). The molecule has 20 heavy (non-hydrogen) atoms. The maximum absolute atomic E-state index is 3.59. The lowest BCUT2D eigenvalue weighted by Crippen LogP contribution is -2.54. The monoisotopic (exact) mass is 290 g/mol. The van der Waals surface area contributed by atoms with Crippen molar-refractivity contribution in [2.45, 2.75) is 43.0 Å². The first-order valence-electron chi connectivity index (χ1n) is 7.94. The van der Waals surface area contributed by atoms with Gasteiger partial charge in [0.15, 0.2) is 0 Å². The van der Waals surface area contributed by atoms with Crippen molar-refractivity contribution < 1.29 is 0 Å². The van der Waals surface area contributed by atoms with Crippen LogP contribution in [0, 0.1) is 0 Å². The third-order valence-electron chi connectivity index (χ3n) is 4.87. The fraction of sp³-hybridized carbons (Fsp3) is 0.647. The van der Waals surface area contributed by atoms with Crippen LogP contribution < -0.4 is 5.32 Å². The van der Waals surface area contributed by atoms with Gasteiger partial charge >= 0.3 is 0 Å². The first kappa shape index (κ1) is 14.4. The van der Waals surface area contributed by atoms with E-state index in [2.05, 4.69) is 58.6 Å². The van der Waals surface area contributed by atoms with Gasteiger partial charge in [-0.3, -0.25) is 4.90 Å². The fourth-order valence-corrected chi connectivity index (χ4v) is 4.84. The number of nitrogens with zero attached hydrogens (tertiary/aromatic N) is 1. The molecule has 2 fully saturated rings. The van der Waals surface area contributed by atoms with Gasteiger partial charge in [-0.1, -0.05) is 43.2 Å². The van der Waals surface area contributed by atoms with E-state index in [4.69, 9.17) is 0 Å². The molecule has 2 nitrogen and oxygen atoms in total. The van der Waals surface area contributed by atoms with Crippen LogP contribution >= 0.6 is 11.8 Å². The Labute approximate surface area is 127 Å². The Bertz CT molecular complexity index is 409. The highest BCUT2D eigenvalue weighted by molar-refractivity contribution is 7.99. The summed E-state index contributed by atoms with van der Waals surface area (Å²) in [5, 5.41) is 4.41. The molecule has 0 amide bonds. The lowest BCUT2D eigenvalue weighted by Gasteiger charge is -2.46. The highest BCUT2D eigenvalue weighted by Gasteiger charge is 2.35. The zero-order chi connectivity index (χ0) is 13.8. The SMILES string of the molecule is CSC1CCCCC1N1CCNCC1c1ccccc1. The predicted octanol–water partition coefficient (Wildman–Crippen LogP) is 3.31. The number of hydrogen-bond acceptors (Lipinski definition) is 3. The summed E-state index contributed by atoms with van der Waals surface area (Å²) >= 11 is 2.08. The molecule has 3 atom stereocenters. The quantitative estimate of drug-likeness (QED) is 0.919. The van der Waals surface area contributed by atoms with Crippen LogP contribution in [-0.4, -0.2) is 42.1 Å². The van der Waals surface area contributed by atoms with Crippen LogP contribution in [0.5, 0.6) is 0 Å². The van der Waals surface area contributed by atoms with Gasteiger partial charge in [-0.15, -0.1) is 0 Å². The highest BCUT2D eigenvalue weighted by atomic mass is 32.2. The summed E-state index contributed by atoms with van der Waals surface area (Å²) in [5.41, 5.74) is 1.48. The predicted molar refractivity (Wildman–Crippen MR) is 88.3 cm³/mol. The van der Waals surface area contributed by atoms with E-state index in [0.29, 0.717) is 6.04 Å². The molecule has 1 aliphatic carbocycles. The van der Waals surface area contributed by atoms with E-state index in [0.717, 1.165) is 24.4 Å². The average Bonchev–Trinajstić information content (AvgIpc) is 2.55. The molecule has 0 aromatic heterocycles. The van der Waals surface area contributed by atoms with Crippen molar-refractivity contribution in [3.8, 4) is 0 Å². The molecule has 1 aromatic carbocycles. The standard InChI is InChI=1S/C17H26N2S/c1-20-17-10-6-5-9-15(17)19-12-11-18-13-16(19)14-7-3-2-4-8-14/h2-4,7-8,15-18H,5-6,9-13H2,1H3. The van der Waals surface area contributed by atoms with Crippen molar-refractivity contribution in [1.82, 2.24) is 10.2 Å². The van der Waals surface area contributed by atoms with Crippen LogP contribution in [0.1, 0.15) is 37.3 Å². The van der Waals surface area contributed by atoms with Crippen molar-refractivity contribution in [2.75, 3.05) is 25.9 Å². The van der Waals surface area contributed by atoms with Crippen LogP contribution in [0.2, 0.25) is 0 Å². The number of benzene rings is 1. The largest absolute Gasteiger partial charge is 0.314 e. The third-order valence-corrected chi connectivity index (χ3v) is 6.02. The molecule has 110 valence electrons. The summed E-state index contributed by atoms with van der Waals surface area (Å²) in [6.45, 7) is 3.43. The highest BCUT2D eigenvalue weighted by Crippen LogP contribution is 2.35. The summed E-state index contributed by atoms with van der Waals surface area (Å²) in [4.78, 5) is 2.80. The maximum atomic E-state index is 3.59. The molecule has 0 radical (unpaired) electrons. The molecule has 1 heterocycles. The van der Waals surface area contributed by atoms with Crippen molar-refractivity contribution >= 4 is 11.8 Å². The molecule has 1 aliphatic heterocycles. The number of hydrogen-bond donors (Lipinski definition) is 1. The van der Waals surface area contributed by atoms with Gasteiger partial charge in [0, 0.05) is 37.0 Å². The Morgan fingerprint density at radius 2 is 1.95 bits per heavy atom. The first-order valence-corrected chi connectivity index (χ1v) is 9.23. The van der Waals surface area contributed by atoms with Crippen LogP contribution in [0.25, 0.3) is 0 Å². The molecule has 0 spiro atoms. The van der Waals surface area contributed by atoms with Gasteiger partial charge in [0.25, 0.3) is 0 Å². The minimum atomic E-state index is 0.558. The molecule has 3 heteroatoms. The minimum absolute atomic E-state index is 0.558. The number of rotatable bonds is 3. The van der Waals surface area contributed by atoms with Crippen molar-refractivity contribution in [2.24, 2.45) is 0 Å². The topological polar surface area (TPSA) is 15.3 Å². The zero-order valence-corrected chi connectivity index (χ0v) is 13.2. The first-order chi connectivity index (χ1) is 9.90. The van der Waals surface area contributed by atoms with Crippen LogP contribution in [0.15, 0.2) is 30.3 Å². The van der Waals surface area contributed by atoms with E-state index in [1.807, 2.05) is 0 Å². The van der Waals surface area contributed by atoms with Crippen molar-refractivity contribution in [3.63, 3.8) is 0 Å². The van der Waals surface area contributed by atoms with Gasteiger partial charge in [0.05, 0.1) is 0 Å². The van der Waals surface area contributed by atoms with E-state index in [9.17, 15) is 0 Å². The van der Waals surface area contributed by atoms with Gasteiger partial charge < -0.3 is 5.32 Å². The molecular weight excluding hydrogens is 264 g/mol. The van der Waals surface area contributed by atoms with Crippen molar-refractivity contribution in [3.05, 3.63) is 35.9 Å². The summed E-state index contributed by atoms with van der Waals surface area (Å²) in [6, 6.07) is 12.4. The second-order valence-electron chi connectivity index (χ2n) is 5.99. The lowest BCUT2D eigenvalue weighted by atomic mass is 9.90. The Morgan fingerprint density at radius 3 is 2.75 bits per heavy atom. The maximum Gasteiger partial charge on any atom is 0.0476 e. The lowest BCUT2D eigenvalue weighted by molar-refractivity contribution is 0.0859. The second-order valence-corrected chi connectivity index (χ2v) is 7.07. The average molecular weight is 290 g/mol. The summed E-state index contributed by atoms with van der Waals surface area (Å²) in [5.74, 6) is 0. The number of nitrogens with one attached hydrogen (secondary N) is 1. The molecule has 1 N–H and O–H groups in total. The van der Waals surface area contributed by atoms with E-state index < -0.39 is 0 Å². The minimum Gasteiger partial charge on any atom is -0.314 e. The van der Waals surface area contributed by atoms with Crippen LogP contribution in [0.4, 0.5) is 0 Å². The zero-order valence-electron chi connectivity index (χ0n) is 12.4. The van der Waals surface area contributed by atoms with Gasteiger partial charge in [0.1, 0.15) is 0 Å². The van der Waals surface area contributed by atoms with E-state index in [1.54, 1.807) is 0 Å². The fourth-order valence-electron chi connectivity index (χ4n) is 3.83. The van der Waals surface area contributed by atoms with E-state index in [-0.39, 0.29) is 0 Å². The smallest absolute Gasteiger partial charge is 0.0476 e. The molecular formula is C17H26N2S. The summed E-state index contributed by atoms with van der Waals surface area (Å²) < 4.78 is 0. The van der Waals surface area contributed by atoms with Gasteiger partial charge in [-0.25, -0.2) is 0 Å². The molecule has 1 saturated carbocycles. The summed E-state index contributed by atoms with van der Waals surface area (Å²) in [7, 11) is 0. The normalized spacial score (nSPS) is 32.1. The number of thioether (sulfide) groups is 1. The van der Waals surface area contributed by atoms with Crippen LogP contribution in [0.3, 0.4) is 0 Å². The Balaban J connectivity index is 1.81. The second kappa shape index (κ2) is 6.97. The Hall–Kier alpha value is -0.510.